The molecule has 3 nitrogen and oxygen atoms in total. The average Bonchev–Trinajstić information content (AvgIpc) is 2.75. The highest BCUT2D eigenvalue weighted by molar-refractivity contribution is 5.56. The molecule has 1 aliphatic rings. The Hall–Kier alpha value is -1.82. The zero-order valence-corrected chi connectivity index (χ0v) is 9.96. The van der Waals surface area contributed by atoms with Gasteiger partial charge in [-0.1, -0.05) is 12.1 Å². The summed E-state index contributed by atoms with van der Waals surface area (Å²) in [5.41, 5.74) is 1.03. The first kappa shape index (κ1) is 12.2. The molecule has 0 radical (unpaired) electrons. The normalized spacial score (nSPS) is 16.4. The summed E-state index contributed by atoms with van der Waals surface area (Å²) in [6, 6.07) is 5.01. The molecule has 2 aromatic rings. The Morgan fingerprint density at radius 3 is 2.32 bits per heavy atom. The van der Waals surface area contributed by atoms with Crippen LogP contribution in [-0.2, 0) is 6.18 Å². The maximum atomic E-state index is 12.5. The quantitative estimate of drug-likeness (QED) is 0.878. The van der Waals surface area contributed by atoms with Gasteiger partial charge in [0.2, 0.25) is 0 Å². The van der Waals surface area contributed by atoms with Crippen molar-refractivity contribution in [3.63, 3.8) is 0 Å². The summed E-state index contributed by atoms with van der Waals surface area (Å²) in [5.74, 6) is 1.03. The molecular weight excluding hydrogens is 255 g/mol. The molecule has 0 spiro atoms. The molecular formula is C13H12F3N3. The van der Waals surface area contributed by atoms with E-state index >= 15 is 0 Å². The Kier molecular flexibility index (Phi) is 2.82. The Balaban J connectivity index is 1.83. The lowest BCUT2D eigenvalue weighted by molar-refractivity contribution is -0.137. The second-order valence-electron chi connectivity index (χ2n) is 4.62. The lowest BCUT2D eigenvalue weighted by Crippen LogP contribution is -2.40. The van der Waals surface area contributed by atoms with Crippen LogP contribution in [0.4, 0.5) is 13.2 Å². The summed E-state index contributed by atoms with van der Waals surface area (Å²) in [6.45, 7) is 1.82. The Morgan fingerprint density at radius 1 is 1.11 bits per heavy atom. The molecule has 0 bridgehead atoms. The maximum absolute atomic E-state index is 12.5. The third-order valence-electron chi connectivity index (χ3n) is 3.30. The lowest BCUT2D eigenvalue weighted by atomic mass is 10.0. The van der Waals surface area contributed by atoms with Crippen molar-refractivity contribution in [2.45, 2.75) is 12.1 Å². The topological polar surface area (TPSA) is 40.7 Å². The van der Waals surface area contributed by atoms with E-state index in [0.717, 1.165) is 30.9 Å². The van der Waals surface area contributed by atoms with Crippen LogP contribution in [0.15, 0.2) is 30.5 Å². The second-order valence-corrected chi connectivity index (χ2v) is 4.62. The first-order valence-corrected chi connectivity index (χ1v) is 5.97. The van der Waals surface area contributed by atoms with Gasteiger partial charge in [0, 0.05) is 36.5 Å². The van der Waals surface area contributed by atoms with Gasteiger partial charge in [-0.3, -0.25) is 0 Å². The van der Waals surface area contributed by atoms with Crippen LogP contribution in [0, 0.1) is 0 Å². The number of hydrogen-bond acceptors (Lipinski definition) is 2. The van der Waals surface area contributed by atoms with Crippen molar-refractivity contribution in [1.29, 1.82) is 0 Å². The zero-order valence-electron chi connectivity index (χ0n) is 9.96. The van der Waals surface area contributed by atoms with Gasteiger partial charge in [-0.2, -0.15) is 13.2 Å². The van der Waals surface area contributed by atoms with Crippen molar-refractivity contribution >= 4 is 0 Å². The molecule has 1 aromatic heterocycles. The monoisotopic (exact) mass is 267 g/mol. The molecule has 19 heavy (non-hydrogen) atoms. The second kappa shape index (κ2) is 4.38. The number of rotatable bonds is 2. The van der Waals surface area contributed by atoms with Crippen molar-refractivity contribution in [2.24, 2.45) is 0 Å². The molecule has 100 valence electrons. The van der Waals surface area contributed by atoms with E-state index in [9.17, 15) is 13.2 Å². The highest BCUT2D eigenvalue weighted by Crippen LogP contribution is 2.30. The molecule has 1 fully saturated rings. The van der Waals surface area contributed by atoms with E-state index in [1.54, 1.807) is 6.20 Å². The number of imidazole rings is 1. The standard InChI is InChI=1S/C13H12F3N3/c14-13(15,16)10-3-1-8(2-4-10)12-18-7-11(19-12)9-5-17-6-9/h1-4,7,9,17H,5-6H2,(H,18,19). The van der Waals surface area contributed by atoms with Crippen LogP contribution < -0.4 is 5.32 Å². The molecule has 6 heteroatoms. The van der Waals surface area contributed by atoms with Gasteiger partial charge in [-0.15, -0.1) is 0 Å². The fourth-order valence-electron chi connectivity index (χ4n) is 2.02. The Bertz CT molecular complexity index is 568. The van der Waals surface area contributed by atoms with Crippen molar-refractivity contribution < 1.29 is 13.2 Å². The zero-order chi connectivity index (χ0) is 13.5. The van der Waals surface area contributed by atoms with Gasteiger partial charge in [0.1, 0.15) is 5.82 Å². The van der Waals surface area contributed by atoms with Crippen LogP contribution in [0.25, 0.3) is 11.4 Å². The molecule has 1 saturated heterocycles. The van der Waals surface area contributed by atoms with Gasteiger partial charge in [0.05, 0.1) is 5.56 Å². The van der Waals surface area contributed by atoms with E-state index in [0.29, 0.717) is 17.3 Å². The maximum Gasteiger partial charge on any atom is 0.416 e. The number of benzene rings is 1. The van der Waals surface area contributed by atoms with Gasteiger partial charge in [-0.05, 0) is 12.1 Å². The van der Waals surface area contributed by atoms with E-state index in [1.165, 1.54) is 12.1 Å². The fourth-order valence-corrected chi connectivity index (χ4v) is 2.02. The minimum absolute atomic E-state index is 0.427. The largest absolute Gasteiger partial charge is 0.416 e. The van der Waals surface area contributed by atoms with Gasteiger partial charge < -0.3 is 10.3 Å². The highest BCUT2D eigenvalue weighted by atomic mass is 19.4. The van der Waals surface area contributed by atoms with Crippen molar-refractivity contribution in [3.8, 4) is 11.4 Å². The molecule has 3 rings (SSSR count). The predicted molar refractivity (Wildman–Crippen MR) is 64.6 cm³/mol. The molecule has 1 aromatic carbocycles. The fraction of sp³-hybridized carbons (Fsp3) is 0.308. The number of aromatic nitrogens is 2. The molecule has 1 aliphatic heterocycles. The van der Waals surface area contributed by atoms with Crippen molar-refractivity contribution in [3.05, 3.63) is 41.7 Å². The van der Waals surface area contributed by atoms with Crippen LogP contribution in [0.2, 0.25) is 0 Å². The molecule has 0 aliphatic carbocycles. The Morgan fingerprint density at radius 2 is 1.79 bits per heavy atom. The number of nitrogens with zero attached hydrogens (tertiary/aromatic N) is 1. The smallest absolute Gasteiger partial charge is 0.342 e. The number of aromatic amines is 1. The van der Waals surface area contributed by atoms with Crippen LogP contribution in [-0.4, -0.2) is 23.1 Å². The minimum atomic E-state index is -4.30. The third-order valence-corrected chi connectivity index (χ3v) is 3.30. The first-order valence-electron chi connectivity index (χ1n) is 5.97. The molecule has 0 amide bonds. The van der Waals surface area contributed by atoms with Crippen LogP contribution >= 0.6 is 0 Å². The van der Waals surface area contributed by atoms with Gasteiger partial charge in [0.25, 0.3) is 0 Å². The minimum Gasteiger partial charge on any atom is -0.342 e. The summed E-state index contributed by atoms with van der Waals surface area (Å²) in [7, 11) is 0. The number of halogens is 3. The number of H-pyrrole nitrogens is 1. The van der Waals surface area contributed by atoms with Crippen molar-refractivity contribution in [1.82, 2.24) is 15.3 Å². The van der Waals surface area contributed by atoms with E-state index < -0.39 is 11.7 Å². The van der Waals surface area contributed by atoms with E-state index in [-0.39, 0.29) is 0 Å². The van der Waals surface area contributed by atoms with Gasteiger partial charge >= 0.3 is 6.18 Å². The van der Waals surface area contributed by atoms with Crippen molar-refractivity contribution in [2.75, 3.05) is 13.1 Å². The van der Waals surface area contributed by atoms with Crippen LogP contribution in [0.1, 0.15) is 17.2 Å². The lowest BCUT2D eigenvalue weighted by Gasteiger charge is -2.25. The first-order chi connectivity index (χ1) is 9.04. The molecule has 0 unspecified atom stereocenters. The number of hydrogen-bond donors (Lipinski definition) is 2. The number of alkyl halides is 3. The average molecular weight is 267 g/mol. The Labute approximate surface area is 107 Å². The number of nitrogens with one attached hydrogen (secondary N) is 2. The van der Waals surface area contributed by atoms with Gasteiger partial charge in [-0.25, -0.2) is 4.98 Å². The van der Waals surface area contributed by atoms with E-state index in [2.05, 4.69) is 15.3 Å². The van der Waals surface area contributed by atoms with Crippen LogP contribution in [0.5, 0.6) is 0 Å². The summed E-state index contributed by atoms with van der Waals surface area (Å²) in [4.78, 5) is 7.37. The SMILES string of the molecule is FC(F)(F)c1ccc(-c2ncc(C3CNC3)[nH]2)cc1. The highest BCUT2D eigenvalue weighted by Gasteiger charge is 2.30. The summed E-state index contributed by atoms with van der Waals surface area (Å²) in [5, 5.41) is 3.16. The molecule has 0 atom stereocenters. The summed E-state index contributed by atoms with van der Waals surface area (Å²) >= 11 is 0. The molecule has 0 saturated carbocycles. The van der Waals surface area contributed by atoms with Gasteiger partial charge in [0.15, 0.2) is 0 Å². The summed E-state index contributed by atoms with van der Waals surface area (Å²) < 4.78 is 37.4. The van der Waals surface area contributed by atoms with Crippen LogP contribution in [0.3, 0.4) is 0 Å². The third kappa shape index (κ3) is 2.35. The predicted octanol–water partition coefficient (Wildman–Crippen LogP) is 2.78. The summed E-state index contributed by atoms with van der Waals surface area (Å²) in [6.07, 6.45) is -2.55. The van der Waals surface area contributed by atoms with E-state index in [4.69, 9.17) is 0 Å². The molecule has 2 heterocycles. The molecule has 2 N–H and O–H groups in total. The van der Waals surface area contributed by atoms with E-state index in [1.807, 2.05) is 0 Å².